The molecule has 108 valence electrons. The van der Waals surface area contributed by atoms with Crippen LogP contribution in [0.25, 0.3) is 0 Å². The molecule has 0 amide bonds. The van der Waals surface area contributed by atoms with Crippen molar-refractivity contribution in [1.29, 1.82) is 0 Å². The zero-order valence-corrected chi connectivity index (χ0v) is 11.4. The van der Waals surface area contributed by atoms with E-state index in [0.717, 1.165) is 11.8 Å². The third-order valence-corrected chi connectivity index (χ3v) is 2.82. The minimum Gasteiger partial charge on any atom is -0.477 e. The second-order valence-corrected chi connectivity index (χ2v) is 4.47. The first-order valence-electron chi connectivity index (χ1n) is 6.01. The number of aromatic carboxylic acids is 1. The largest absolute Gasteiger partial charge is 0.477 e. The molecule has 0 atom stereocenters. The molecule has 0 spiro atoms. The van der Waals surface area contributed by atoms with Gasteiger partial charge in [-0.3, -0.25) is 15.1 Å². The zero-order valence-electron chi connectivity index (χ0n) is 11.4. The molecular weight excluding hydrogens is 276 g/mol. The molecule has 0 radical (unpaired) electrons. The Morgan fingerprint density at radius 2 is 2.10 bits per heavy atom. The van der Waals surface area contributed by atoms with E-state index in [1.54, 1.807) is 19.9 Å². The van der Waals surface area contributed by atoms with Crippen LogP contribution in [0.2, 0.25) is 0 Å². The topological polar surface area (TPSA) is 103 Å². The number of aromatic nitrogens is 1. The molecule has 1 aromatic heterocycles. The molecule has 7 heteroatoms. The average molecular weight is 288 g/mol. The average Bonchev–Trinajstić information content (AvgIpc) is 2.41. The van der Waals surface area contributed by atoms with Crippen LogP contribution in [0.4, 0.5) is 5.69 Å². The molecule has 2 aromatic rings. The lowest BCUT2D eigenvalue weighted by Gasteiger charge is -2.11. The van der Waals surface area contributed by atoms with Crippen LogP contribution in [0, 0.1) is 24.0 Å². The summed E-state index contributed by atoms with van der Waals surface area (Å²) in [4.78, 5) is 25.4. The van der Waals surface area contributed by atoms with Crippen LogP contribution < -0.4 is 4.74 Å². The molecule has 0 bridgehead atoms. The fourth-order valence-electron chi connectivity index (χ4n) is 1.94. The third-order valence-electron chi connectivity index (χ3n) is 2.82. The summed E-state index contributed by atoms with van der Waals surface area (Å²) in [5, 5.41) is 20.2. The smallest absolute Gasteiger partial charge is 0.341 e. The third kappa shape index (κ3) is 2.97. The van der Waals surface area contributed by atoms with Gasteiger partial charge in [0.25, 0.3) is 0 Å². The Kier molecular flexibility index (Phi) is 3.84. The number of pyridine rings is 1. The number of nitrogens with zero attached hydrogens (tertiary/aromatic N) is 2. The van der Waals surface area contributed by atoms with Crippen molar-refractivity contribution in [3.05, 3.63) is 57.4 Å². The summed E-state index contributed by atoms with van der Waals surface area (Å²) >= 11 is 0. The van der Waals surface area contributed by atoms with Crippen molar-refractivity contribution in [3.8, 4) is 11.5 Å². The molecule has 0 aliphatic heterocycles. The van der Waals surface area contributed by atoms with E-state index in [1.807, 2.05) is 0 Å². The molecule has 1 N–H and O–H groups in total. The first kappa shape index (κ1) is 14.4. The number of nitro benzene ring substituents is 1. The molecule has 2 rings (SSSR count). The highest BCUT2D eigenvalue weighted by Crippen LogP contribution is 2.36. The molecule has 0 saturated heterocycles. The standard InChI is InChI=1S/C14H12N2O5/c1-8-5-9(2)13(11(6-8)16(19)20)21-12-3-4-15-7-10(12)14(17)18/h3-7H,1-2H3,(H,17,18). The summed E-state index contributed by atoms with van der Waals surface area (Å²) in [6.45, 7) is 3.40. The molecule has 0 saturated carbocycles. The molecule has 21 heavy (non-hydrogen) atoms. The normalized spacial score (nSPS) is 10.2. The van der Waals surface area contributed by atoms with Gasteiger partial charge in [0.1, 0.15) is 11.3 Å². The van der Waals surface area contributed by atoms with Gasteiger partial charge in [0, 0.05) is 24.5 Å². The van der Waals surface area contributed by atoms with E-state index in [9.17, 15) is 14.9 Å². The van der Waals surface area contributed by atoms with Crippen LogP contribution in [0.3, 0.4) is 0 Å². The molecule has 1 heterocycles. The van der Waals surface area contributed by atoms with Gasteiger partial charge in [-0.2, -0.15) is 0 Å². The van der Waals surface area contributed by atoms with E-state index >= 15 is 0 Å². The highest BCUT2D eigenvalue weighted by atomic mass is 16.6. The fraction of sp³-hybridized carbons (Fsp3) is 0.143. The van der Waals surface area contributed by atoms with Crippen LogP contribution in [-0.4, -0.2) is 21.0 Å². The quantitative estimate of drug-likeness (QED) is 0.685. The van der Waals surface area contributed by atoms with Crippen molar-refractivity contribution in [3.63, 3.8) is 0 Å². The van der Waals surface area contributed by atoms with Gasteiger partial charge in [0.2, 0.25) is 5.75 Å². The highest BCUT2D eigenvalue weighted by Gasteiger charge is 2.21. The molecule has 0 unspecified atom stereocenters. The van der Waals surface area contributed by atoms with E-state index in [1.165, 1.54) is 18.3 Å². The van der Waals surface area contributed by atoms with E-state index < -0.39 is 10.9 Å². The summed E-state index contributed by atoms with van der Waals surface area (Å²) < 4.78 is 5.49. The van der Waals surface area contributed by atoms with Gasteiger partial charge in [0.05, 0.1) is 4.92 Å². The Morgan fingerprint density at radius 1 is 1.38 bits per heavy atom. The van der Waals surface area contributed by atoms with Gasteiger partial charge < -0.3 is 9.84 Å². The Hall–Kier alpha value is -2.96. The maximum absolute atomic E-state index is 11.1. The summed E-state index contributed by atoms with van der Waals surface area (Å²) in [7, 11) is 0. The predicted octanol–water partition coefficient (Wildman–Crippen LogP) is 3.10. The van der Waals surface area contributed by atoms with E-state index in [4.69, 9.17) is 9.84 Å². The van der Waals surface area contributed by atoms with Crippen molar-refractivity contribution < 1.29 is 19.6 Å². The second kappa shape index (κ2) is 5.58. The van der Waals surface area contributed by atoms with Gasteiger partial charge in [0.15, 0.2) is 0 Å². The minimum atomic E-state index is -1.22. The molecule has 7 nitrogen and oxygen atoms in total. The van der Waals surface area contributed by atoms with Crippen molar-refractivity contribution >= 4 is 11.7 Å². The maximum atomic E-state index is 11.1. The van der Waals surface area contributed by atoms with E-state index in [2.05, 4.69) is 4.98 Å². The molecule has 0 aliphatic rings. The summed E-state index contributed by atoms with van der Waals surface area (Å²) in [5.41, 5.74) is 0.905. The lowest BCUT2D eigenvalue weighted by Crippen LogP contribution is -2.03. The molecular formula is C14H12N2O5. The van der Waals surface area contributed by atoms with E-state index in [0.29, 0.717) is 5.56 Å². The number of carboxylic acid groups (broad SMARTS) is 1. The monoisotopic (exact) mass is 288 g/mol. The summed E-state index contributed by atoms with van der Waals surface area (Å²) in [5.74, 6) is -1.18. The van der Waals surface area contributed by atoms with Gasteiger partial charge in [-0.1, -0.05) is 6.07 Å². The van der Waals surface area contributed by atoms with Crippen molar-refractivity contribution in [2.45, 2.75) is 13.8 Å². The Labute approximate surface area is 120 Å². The van der Waals surface area contributed by atoms with Gasteiger partial charge in [-0.25, -0.2) is 4.79 Å². The Morgan fingerprint density at radius 3 is 2.71 bits per heavy atom. The Bertz CT molecular complexity index is 727. The van der Waals surface area contributed by atoms with Crippen LogP contribution in [0.15, 0.2) is 30.6 Å². The second-order valence-electron chi connectivity index (χ2n) is 4.47. The number of carboxylic acids is 1. The number of carbonyl (C=O) groups is 1. The lowest BCUT2D eigenvalue weighted by atomic mass is 10.1. The van der Waals surface area contributed by atoms with E-state index in [-0.39, 0.29) is 22.7 Å². The van der Waals surface area contributed by atoms with Crippen molar-refractivity contribution in [1.82, 2.24) is 4.98 Å². The first-order chi connectivity index (χ1) is 9.90. The molecule has 0 fully saturated rings. The van der Waals surface area contributed by atoms with Crippen molar-refractivity contribution in [2.75, 3.05) is 0 Å². The molecule has 0 aliphatic carbocycles. The Balaban J connectivity index is 2.55. The number of hydrogen-bond donors (Lipinski definition) is 1. The van der Waals surface area contributed by atoms with Crippen LogP contribution in [0.5, 0.6) is 11.5 Å². The van der Waals surface area contributed by atoms with Crippen LogP contribution in [0.1, 0.15) is 21.5 Å². The highest BCUT2D eigenvalue weighted by molar-refractivity contribution is 5.90. The number of nitro groups is 1. The zero-order chi connectivity index (χ0) is 15.6. The van der Waals surface area contributed by atoms with Gasteiger partial charge in [-0.05, 0) is 25.0 Å². The number of benzene rings is 1. The number of ether oxygens (including phenoxy) is 1. The predicted molar refractivity (Wildman–Crippen MR) is 73.8 cm³/mol. The number of rotatable bonds is 4. The SMILES string of the molecule is Cc1cc(C)c(Oc2ccncc2C(=O)O)c([N+](=O)[O-])c1. The first-order valence-corrected chi connectivity index (χ1v) is 6.01. The number of hydrogen-bond acceptors (Lipinski definition) is 5. The van der Waals surface area contributed by atoms with Crippen LogP contribution >= 0.6 is 0 Å². The van der Waals surface area contributed by atoms with Gasteiger partial charge >= 0.3 is 11.7 Å². The number of aryl methyl sites for hydroxylation is 2. The maximum Gasteiger partial charge on any atom is 0.341 e. The minimum absolute atomic E-state index is 0.00699. The van der Waals surface area contributed by atoms with Gasteiger partial charge in [-0.15, -0.1) is 0 Å². The van der Waals surface area contributed by atoms with Crippen LogP contribution in [-0.2, 0) is 0 Å². The summed E-state index contributed by atoms with van der Waals surface area (Å²) in [6.07, 6.45) is 2.49. The molecule has 1 aromatic carbocycles. The van der Waals surface area contributed by atoms with Crippen molar-refractivity contribution in [2.24, 2.45) is 0 Å². The lowest BCUT2D eigenvalue weighted by molar-refractivity contribution is -0.385. The summed E-state index contributed by atoms with van der Waals surface area (Å²) in [6, 6.07) is 4.46. The fourth-order valence-corrected chi connectivity index (χ4v) is 1.94.